The van der Waals surface area contributed by atoms with Gasteiger partial charge in [0.05, 0.1) is 56.4 Å². The Morgan fingerprint density at radius 2 is 1.84 bits per heavy atom. The lowest BCUT2D eigenvalue weighted by molar-refractivity contribution is -0.121. The molecule has 6 rings (SSSR count). The fourth-order valence-corrected chi connectivity index (χ4v) is 8.05. The van der Waals surface area contributed by atoms with Gasteiger partial charge in [0, 0.05) is 41.4 Å². The third-order valence-electron chi connectivity index (χ3n) is 8.98. The van der Waals surface area contributed by atoms with Crippen LogP contribution in [0.5, 0.6) is 5.75 Å². The van der Waals surface area contributed by atoms with Crippen LogP contribution in [0.15, 0.2) is 54.9 Å². The Morgan fingerprint density at radius 1 is 1.00 bits per heavy atom. The van der Waals surface area contributed by atoms with Crippen LogP contribution < -0.4 is 26.0 Å². The predicted octanol–water partition coefficient (Wildman–Crippen LogP) is 3.33. The number of unbranched alkanes of at least 4 members (excludes halogenated alkanes) is 1. The minimum atomic E-state index is -0.180. The first-order chi connectivity index (χ1) is 24.0. The Balaban J connectivity index is 0.794. The lowest BCUT2D eigenvalue weighted by Crippen LogP contribution is -2.36. The molecular formula is C35H45N7O6S. The van der Waals surface area contributed by atoms with Gasteiger partial charge in [-0.05, 0) is 68.5 Å². The van der Waals surface area contributed by atoms with Crippen molar-refractivity contribution in [1.29, 1.82) is 0 Å². The molecule has 2 fully saturated rings. The van der Waals surface area contributed by atoms with E-state index in [4.69, 9.17) is 14.2 Å². The Kier molecular flexibility index (Phi) is 12.4. The summed E-state index contributed by atoms with van der Waals surface area (Å²) < 4.78 is 19.0. The van der Waals surface area contributed by atoms with Gasteiger partial charge in [0.15, 0.2) is 0 Å². The van der Waals surface area contributed by atoms with E-state index in [0.717, 1.165) is 67.0 Å². The van der Waals surface area contributed by atoms with Gasteiger partial charge in [-0.15, -0.1) is 0 Å². The molecule has 4 heterocycles. The third-order valence-corrected chi connectivity index (χ3v) is 10.5. The van der Waals surface area contributed by atoms with Crippen LogP contribution in [0, 0.1) is 0 Å². The van der Waals surface area contributed by atoms with Crippen molar-refractivity contribution in [2.24, 2.45) is 0 Å². The van der Waals surface area contributed by atoms with Crippen LogP contribution in [0.3, 0.4) is 0 Å². The lowest BCUT2D eigenvalue weighted by Gasteiger charge is -2.24. The molecule has 3 aromatic rings. The molecule has 0 spiro atoms. The van der Waals surface area contributed by atoms with E-state index in [9.17, 15) is 14.4 Å². The van der Waals surface area contributed by atoms with E-state index in [2.05, 4.69) is 31.3 Å². The van der Waals surface area contributed by atoms with Crippen LogP contribution in [0.4, 0.5) is 4.79 Å². The predicted molar refractivity (Wildman–Crippen MR) is 185 cm³/mol. The van der Waals surface area contributed by atoms with Gasteiger partial charge in [0.25, 0.3) is 5.91 Å². The van der Waals surface area contributed by atoms with E-state index in [1.807, 2.05) is 53.0 Å². The molecule has 4 amide bonds. The van der Waals surface area contributed by atoms with Crippen molar-refractivity contribution < 1.29 is 28.6 Å². The SMILES string of the molecule is O=C(CCCC[C@@H]1SC[C@@H]2NC(=O)N[C@@H]21)NCCOCCOCCOc1ccc(-n2ncc3c2CCCC3NC(=O)c2ccccn2)cc1. The second-order valence-electron chi connectivity index (χ2n) is 12.4. The quantitative estimate of drug-likeness (QED) is 0.116. The zero-order valence-corrected chi connectivity index (χ0v) is 28.4. The van der Waals surface area contributed by atoms with E-state index in [1.165, 1.54) is 0 Å². The summed E-state index contributed by atoms with van der Waals surface area (Å²) in [5.74, 6) is 1.56. The smallest absolute Gasteiger partial charge is 0.315 e. The van der Waals surface area contributed by atoms with Gasteiger partial charge in [-0.25, -0.2) is 9.48 Å². The van der Waals surface area contributed by atoms with Crippen LogP contribution in [0.2, 0.25) is 0 Å². The summed E-state index contributed by atoms with van der Waals surface area (Å²) in [6.45, 7) is 2.65. The van der Waals surface area contributed by atoms with Gasteiger partial charge in [0.2, 0.25) is 5.91 Å². The highest BCUT2D eigenvalue weighted by molar-refractivity contribution is 8.00. The van der Waals surface area contributed by atoms with Crippen molar-refractivity contribution >= 4 is 29.6 Å². The zero-order chi connectivity index (χ0) is 33.8. The highest BCUT2D eigenvalue weighted by Gasteiger charge is 2.42. The summed E-state index contributed by atoms with van der Waals surface area (Å²) in [5, 5.41) is 17.1. The van der Waals surface area contributed by atoms with Crippen LogP contribution >= 0.6 is 11.8 Å². The molecule has 2 aromatic heterocycles. The number of pyridine rings is 1. The summed E-state index contributed by atoms with van der Waals surface area (Å²) in [6.07, 6.45) is 9.50. The maximum absolute atomic E-state index is 12.7. The summed E-state index contributed by atoms with van der Waals surface area (Å²) in [7, 11) is 0. The number of carbonyl (C=O) groups is 3. The average Bonchev–Trinajstić information content (AvgIpc) is 3.83. The third kappa shape index (κ3) is 9.52. The number of nitrogens with zero attached hydrogens (tertiary/aromatic N) is 3. The molecule has 14 heteroatoms. The minimum Gasteiger partial charge on any atom is -0.491 e. The molecule has 2 aliphatic heterocycles. The molecule has 1 aromatic carbocycles. The molecule has 2 saturated heterocycles. The van der Waals surface area contributed by atoms with Gasteiger partial charge < -0.3 is 35.5 Å². The van der Waals surface area contributed by atoms with E-state index in [-0.39, 0.29) is 36.0 Å². The molecule has 4 atom stereocenters. The molecule has 0 radical (unpaired) electrons. The van der Waals surface area contributed by atoms with Crippen molar-refractivity contribution in [1.82, 2.24) is 36.0 Å². The second kappa shape index (κ2) is 17.5. The molecular weight excluding hydrogens is 646 g/mol. The molecule has 49 heavy (non-hydrogen) atoms. The van der Waals surface area contributed by atoms with Crippen LogP contribution in [-0.2, 0) is 20.7 Å². The fourth-order valence-electron chi connectivity index (χ4n) is 6.51. The number of amides is 4. The number of carbonyl (C=O) groups excluding carboxylic acids is 3. The maximum Gasteiger partial charge on any atom is 0.315 e. The zero-order valence-electron chi connectivity index (χ0n) is 27.6. The summed E-state index contributed by atoms with van der Waals surface area (Å²) in [4.78, 5) is 40.5. The van der Waals surface area contributed by atoms with Crippen molar-refractivity contribution in [2.75, 3.05) is 45.3 Å². The van der Waals surface area contributed by atoms with Gasteiger partial charge >= 0.3 is 6.03 Å². The highest BCUT2D eigenvalue weighted by Crippen LogP contribution is 2.33. The largest absolute Gasteiger partial charge is 0.491 e. The molecule has 0 bridgehead atoms. The summed E-state index contributed by atoms with van der Waals surface area (Å²) in [6, 6.07) is 13.4. The van der Waals surface area contributed by atoms with Crippen molar-refractivity contribution in [3.05, 3.63) is 71.8 Å². The van der Waals surface area contributed by atoms with E-state index < -0.39 is 0 Å². The monoisotopic (exact) mass is 691 g/mol. The molecule has 1 aliphatic carbocycles. The Hall–Kier alpha value is -4.14. The number of ether oxygens (including phenoxy) is 3. The summed E-state index contributed by atoms with van der Waals surface area (Å²) >= 11 is 1.90. The van der Waals surface area contributed by atoms with Crippen LogP contribution in [0.1, 0.15) is 66.3 Å². The number of rotatable bonds is 18. The second-order valence-corrected chi connectivity index (χ2v) is 13.6. The van der Waals surface area contributed by atoms with Gasteiger partial charge in [-0.2, -0.15) is 16.9 Å². The van der Waals surface area contributed by atoms with Crippen LogP contribution in [-0.4, -0.2) is 95.3 Å². The molecule has 13 nitrogen and oxygen atoms in total. The number of urea groups is 1. The van der Waals surface area contributed by atoms with E-state index >= 15 is 0 Å². The molecule has 262 valence electrons. The first-order valence-corrected chi connectivity index (χ1v) is 18.2. The number of hydrogen-bond acceptors (Lipinski definition) is 9. The maximum atomic E-state index is 12.7. The Bertz CT molecular complexity index is 1540. The van der Waals surface area contributed by atoms with Crippen molar-refractivity contribution in [3.63, 3.8) is 0 Å². The van der Waals surface area contributed by atoms with E-state index in [0.29, 0.717) is 56.9 Å². The topological polar surface area (TPSA) is 158 Å². The minimum absolute atomic E-state index is 0.0397. The number of aromatic nitrogens is 3. The number of hydrogen-bond donors (Lipinski definition) is 4. The normalized spacial score (nSPS) is 20.9. The Labute approximate surface area is 290 Å². The number of thioether (sulfide) groups is 1. The number of nitrogens with one attached hydrogen (secondary N) is 4. The number of benzene rings is 1. The van der Waals surface area contributed by atoms with Gasteiger partial charge in [-0.1, -0.05) is 12.5 Å². The van der Waals surface area contributed by atoms with E-state index in [1.54, 1.807) is 18.3 Å². The van der Waals surface area contributed by atoms with Crippen molar-refractivity contribution in [3.8, 4) is 11.4 Å². The first kappa shape index (κ1) is 34.7. The standard InChI is InChI=1S/C35H45N7O6S/c43-32(10-2-1-9-31-33-29(23-49-31)40-35(45)41-33)37-16-17-46-18-19-47-20-21-48-25-13-11-24(12-14-25)42-30-8-5-7-27(26(30)22-38-42)39-34(44)28-6-3-4-15-36-28/h3-4,6,11-15,22,27,29,31,33H,1-2,5,7-10,16-21,23H2,(H,37,43)(H,39,44)(H2,40,41,45)/t27?,29-,31-,33-/m0/s1. The average molecular weight is 692 g/mol. The van der Waals surface area contributed by atoms with Gasteiger partial charge in [-0.3, -0.25) is 14.6 Å². The lowest BCUT2D eigenvalue weighted by atomic mass is 9.92. The first-order valence-electron chi connectivity index (χ1n) is 17.2. The molecule has 1 unspecified atom stereocenters. The van der Waals surface area contributed by atoms with Crippen LogP contribution in [0.25, 0.3) is 5.69 Å². The molecule has 3 aliphatic rings. The Morgan fingerprint density at radius 3 is 2.67 bits per heavy atom. The highest BCUT2D eigenvalue weighted by atomic mass is 32.2. The van der Waals surface area contributed by atoms with Gasteiger partial charge in [0.1, 0.15) is 18.1 Å². The molecule has 0 saturated carbocycles. The van der Waals surface area contributed by atoms with Crippen molar-refractivity contribution in [2.45, 2.75) is 68.3 Å². The molecule has 4 N–H and O–H groups in total. The number of fused-ring (bicyclic) bond motifs is 2. The summed E-state index contributed by atoms with van der Waals surface area (Å²) in [5.41, 5.74) is 3.49. The fraction of sp³-hybridized carbons (Fsp3) is 0.514.